The summed E-state index contributed by atoms with van der Waals surface area (Å²) in [6.45, 7) is 1.89. The molecule has 0 saturated carbocycles. The van der Waals surface area contributed by atoms with Crippen LogP contribution < -0.4 is 5.73 Å². The second-order valence-corrected chi connectivity index (χ2v) is 4.58. The molecule has 0 aliphatic heterocycles. The monoisotopic (exact) mass is 280 g/mol. The average molecular weight is 281 g/mol. The van der Waals surface area contributed by atoms with Gasteiger partial charge in [-0.2, -0.15) is 0 Å². The van der Waals surface area contributed by atoms with Gasteiger partial charge in [0.15, 0.2) is 5.89 Å². The standard InChI is InChI=1S/C12H13BrN2O/c1-8(14)11-7-16-12(15-11)6-9-4-2-3-5-10(9)13/h2-5,7-8H,6,14H2,1H3. The van der Waals surface area contributed by atoms with Crippen LogP contribution in [0.3, 0.4) is 0 Å². The molecular weight excluding hydrogens is 268 g/mol. The van der Waals surface area contributed by atoms with Crippen LogP contribution in [0.15, 0.2) is 39.4 Å². The third-order valence-electron chi connectivity index (χ3n) is 2.34. The molecule has 4 heteroatoms. The van der Waals surface area contributed by atoms with Gasteiger partial charge in [-0.3, -0.25) is 0 Å². The van der Waals surface area contributed by atoms with E-state index < -0.39 is 0 Å². The summed E-state index contributed by atoms with van der Waals surface area (Å²) in [5, 5.41) is 0. The van der Waals surface area contributed by atoms with E-state index in [1.54, 1.807) is 6.26 Å². The molecule has 0 saturated heterocycles. The predicted octanol–water partition coefficient (Wildman–Crippen LogP) is 3.05. The number of oxazole rings is 1. The van der Waals surface area contributed by atoms with Gasteiger partial charge < -0.3 is 10.2 Å². The van der Waals surface area contributed by atoms with E-state index in [9.17, 15) is 0 Å². The summed E-state index contributed by atoms with van der Waals surface area (Å²) in [6, 6.07) is 7.94. The van der Waals surface area contributed by atoms with Crippen molar-refractivity contribution in [2.75, 3.05) is 0 Å². The zero-order valence-electron chi connectivity index (χ0n) is 8.98. The predicted molar refractivity (Wildman–Crippen MR) is 66.1 cm³/mol. The maximum absolute atomic E-state index is 5.72. The summed E-state index contributed by atoms with van der Waals surface area (Å²) < 4.78 is 6.44. The minimum absolute atomic E-state index is 0.0864. The Labute approximate surface area is 103 Å². The first kappa shape index (κ1) is 11.4. The van der Waals surface area contributed by atoms with Crippen LogP contribution in [0.2, 0.25) is 0 Å². The van der Waals surface area contributed by atoms with Crippen LogP contribution in [-0.2, 0) is 6.42 Å². The Morgan fingerprint density at radius 3 is 2.81 bits per heavy atom. The highest BCUT2D eigenvalue weighted by Crippen LogP contribution is 2.20. The molecule has 0 fully saturated rings. The maximum Gasteiger partial charge on any atom is 0.198 e. The zero-order chi connectivity index (χ0) is 11.5. The van der Waals surface area contributed by atoms with Crippen molar-refractivity contribution in [3.05, 3.63) is 52.1 Å². The molecule has 0 bridgehead atoms. The number of nitrogens with zero attached hydrogens (tertiary/aromatic N) is 1. The third kappa shape index (κ3) is 2.51. The topological polar surface area (TPSA) is 52.0 Å². The van der Waals surface area contributed by atoms with Crippen molar-refractivity contribution in [1.29, 1.82) is 0 Å². The van der Waals surface area contributed by atoms with Crippen molar-refractivity contribution in [2.24, 2.45) is 5.73 Å². The van der Waals surface area contributed by atoms with Crippen LogP contribution in [0.4, 0.5) is 0 Å². The van der Waals surface area contributed by atoms with Crippen molar-refractivity contribution in [3.63, 3.8) is 0 Å². The quantitative estimate of drug-likeness (QED) is 0.940. The Kier molecular flexibility index (Phi) is 3.41. The van der Waals surface area contributed by atoms with Gasteiger partial charge in [-0.05, 0) is 18.6 Å². The molecule has 1 heterocycles. The Morgan fingerprint density at radius 2 is 2.19 bits per heavy atom. The fourth-order valence-corrected chi connectivity index (χ4v) is 1.85. The molecule has 2 rings (SSSR count). The normalized spacial score (nSPS) is 12.7. The Bertz CT molecular complexity index is 479. The number of hydrogen-bond donors (Lipinski definition) is 1. The fourth-order valence-electron chi connectivity index (χ4n) is 1.42. The molecule has 0 radical (unpaired) electrons. The van der Waals surface area contributed by atoms with Crippen LogP contribution >= 0.6 is 15.9 Å². The van der Waals surface area contributed by atoms with Crippen molar-refractivity contribution in [1.82, 2.24) is 4.98 Å². The molecule has 2 aromatic rings. The molecule has 16 heavy (non-hydrogen) atoms. The molecular formula is C12H13BrN2O. The van der Waals surface area contributed by atoms with Crippen molar-refractivity contribution in [2.45, 2.75) is 19.4 Å². The van der Waals surface area contributed by atoms with Gasteiger partial charge in [0.2, 0.25) is 0 Å². The van der Waals surface area contributed by atoms with E-state index >= 15 is 0 Å². The smallest absolute Gasteiger partial charge is 0.198 e. The lowest BCUT2D eigenvalue weighted by molar-refractivity contribution is 0.505. The van der Waals surface area contributed by atoms with Gasteiger partial charge >= 0.3 is 0 Å². The van der Waals surface area contributed by atoms with E-state index in [0.717, 1.165) is 15.7 Å². The van der Waals surface area contributed by atoms with Crippen molar-refractivity contribution in [3.8, 4) is 0 Å². The first-order valence-electron chi connectivity index (χ1n) is 5.10. The van der Waals surface area contributed by atoms with Gasteiger partial charge in [-0.25, -0.2) is 4.98 Å². The van der Waals surface area contributed by atoms with Gasteiger partial charge in [0, 0.05) is 10.5 Å². The molecule has 1 atom stereocenters. The first-order chi connectivity index (χ1) is 7.66. The number of nitrogens with two attached hydrogens (primary N) is 1. The van der Waals surface area contributed by atoms with Gasteiger partial charge in [0.25, 0.3) is 0 Å². The second-order valence-electron chi connectivity index (χ2n) is 3.72. The fraction of sp³-hybridized carbons (Fsp3) is 0.250. The summed E-state index contributed by atoms with van der Waals surface area (Å²) in [6.07, 6.45) is 2.30. The van der Waals surface area contributed by atoms with E-state index in [1.165, 1.54) is 0 Å². The lowest BCUT2D eigenvalue weighted by Crippen LogP contribution is -2.05. The lowest BCUT2D eigenvalue weighted by atomic mass is 10.1. The maximum atomic E-state index is 5.72. The SMILES string of the molecule is CC(N)c1coc(Cc2ccccc2Br)n1. The van der Waals surface area contributed by atoms with E-state index in [4.69, 9.17) is 10.2 Å². The van der Waals surface area contributed by atoms with Crippen LogP contribution in [-0.4, -0.2) is 4.98 Å². The number of rotatable bonds is 3. The van der Waals surface area contributed by atoms with Gasteiger partial charge in [0.05, 0.1) is 12.1 Å². The Hall–Kier alpha value is -1.13. The number of halogens is 1. The van der Waals surface area contributed by atoms with Gasteiger partial charge in [0.1, 0.15) is 6.26 Å². The van der Waals surface area contributed by atoms with E-state index in [2.05, 4.69) is 20.9 Å². The van der Waals surface area contributed by atoms with E-state index in [0.29, 0.717) is 12.3 Å². The molecule has 1 aromatic heterocycles. The molecule has 84 valence electrons. The Balaban J connectivity index is 2.18. The van der Waals surface area contributed by atoms with Crippen molar-refractivity contribution < 1.29 is 4.42 Å². The molecule has 0 aliphatic carbocycles. The molecule has 1 aromatic carbocycles. The zero-order valence-corrected chi connectivity index (χ0v) is 10.6. The molecule has 3 nitrogen and oxygen atoms in total. The van der Waals surface area contributed by atoms with E-state index in [-0.39, 0.29) is 6.04 Å². The van der Waals surface area contributed by atoms with Crippen LogP contribution in [0.5, 0.6) is 0 Å². The summed E-state index contributed by atoms with van der Waals surface area (Å²) >= 11 is 3.50. The highest BCUT2D eigenvalue weighted by Gasteiger charge is 2.09. The van der Waals surface area contributed by atoms with Crippen LogP contribution in [0.25, 0.3) is 0 Å². The van der Waals surface area contributed by atoms with Gasteiger partial charge in [-0.1, -0.05) is 34.1 Å². The molecule has 2 N–H and O–H groups in total. The second kappa shape index (κ2) is 4.80. The number of aromatic nitrogens is 1. The summed E-state index contributed by atoms with van der Waals surface area (Å²) in [7, 11) is 0. The highest BCUT2D eigenvalue weighted by molar-refractivity contribution is 9.10. The number of hydrogen-bond acceptors (Lipinski definition) is 3. The molecule has 0 aliphatic rings. The summed E-state index contributed by atoms with van der Waals surface area (Å²) in [5.41, 5.74) is 7.67. The highest BCUT2D eigenvalue weighted by atomic mass is 79.9. The molecule has 0 spiro atoms. The summed E-state index contributed by atoms with van der Waals surface area (Å²) in [5.74, 6) is 0.694. The molecule has 0 amide bonds. The Morgan fingerprint density at radius 1 is 1.44 bits per heavy atom. The average Bonchev–Trinajstić information content (AvgIpc) is 2.70. The largest absolute Gasteiger partial charge is 0.448 e. The van der Waals surface area contributed by atoms with Crippen LogP contribution in [0.1, 0.15) is 30.1 Å². The van der Waals surface area contributed by atoms with Crippen molar-refractivity contribution >= 4 is 15.9 Å². The van der Waals surface area contributed by atoms with Gasteiger partial charge in [-0.15, -0.1) is 0 Å². The molecule has 1 unspecified atom stereocenters. The minimum atomic E-state index is -0.0864. The summed E-state index contributed by atoms with van der Waals surface area (Å²) in [4.78, 5) is 4.33. The van der Waals surface area contributed by atoms with E-state index in [1.807, 2.05) is 31.2 Å². The lowest BCUT2D eigenvalue weighted by Gasteiger charge is -2.00. The first-order valence-corrected chi connectivity index (χ1v) is 5.89. The van der Waals surface area contributed by atoms with Crippen LogP contribution in [0, 0.1) is 0 Å². The minimum Gasteiger partial charge on any atom is -0.448 e. The number of benzene rings is 1. The third-order valence-corrected chi connectivity index (χ3v) is 3.11.